The molecule has 1 aromatic carbocycles. The minimum atomic E-state index is -0.404. The Hall–Kier alpha value is -3.09. The fraction of sp³-hybridized carbons (Fsp3) is 0.278. The first kappa shape index (κ1) is 16.8. The summed E-state index contributed by atoms with van der Waals surface area (Å²) in [5.41, 5.74) is 2.23. The van der Waals surface area contributed by atoms with Crippen LogP contribution < -0.4 is 15.5 Å². The molecule has 0 bridgehead atoms. The summed E-state index contributed by atoms with van der Waals surface area (Å²) in [6.07, 6.45) is 1.37. The fourth-order valence-electron chi connectivity index (χ4n) is 2.76. The van der Waals surface area contributed by atoms with Crippen LogP contribution in [0.2, 0.25) is 0 Å². The number of nitrogens with one attached hydrogen (secondary N) is 2. The second-order valence-electron chi connectivity index (χ2n) is 6.12. The summed E-state index contributed by atoms with van der Waals surface area (Å²) in [6, 6.07) is 6.76. The summed E-state index contributed by atoms with van der Waals surface area (Å²) in [6.45, 7) is 4.17. The summed E-state index contributed by atoms with van der Waals surface area (Å²) >= 11 is 0. The highest BCUT2D eigenvalue weighted by atomic mass is 16.5. The van der Waals surface area contributed by atoms with Gasteiger partial charge in [-0.2, -0.15) is 0 Å². The van der Waals surface area contributed by atoms with Gasteiger partial charge in [-0.3, -0.25) is 9.59 Å². The minimum absolute atomic E-state index is 0.160. The average molecular weight is 340 g/mol. The molecule has 2 N–H and O–H groups in total. The number of nitrogens with zero attached hydrogens (tertiary/aromatic N) is 2. The van der Waals surface area contributed by atoms with E-state index in [0.29, 0.717) is 11.6 Å². The number of carbonyl (C=O) groups is 1. The van der Waals surface area contributed by atoms with Crippen LogP contribution in [-0.4, -0.2) is 27.6 Å². The molecular weight excluding hydrogens is 320 g/mol. The molecule has 0 aliphatic rings. The van der Waals surface area contributed by atoms with Gasteiger partial charge in [0.25, 0.3) is 5.91 Å². The largest absolute Gasteiger partial charge is 0.491 e. The van der Waals surface area contributed by atoms with E-state index >= 15 is 0 Å². The Balaban J connectivity index is 1.88. The normalized spacial score (nSPS) is 11.1. The topological polar surface area (TPSA) is 89.0 Å². The van der Waals surface area contributed by atoms with Gasteiger partial charge in [-0.05, 0) is 18.2 Å². The van der Waals surface area contributed by atoms with E-state index < -0.39 is 5.91 Å². The van der Waals surface area contributed by atoms with Crippen molar-refractivity contribution < 1.29 is 9.53 Å². The number of hydrogen-bond donors (Lipinski definition) is 2. The molecule has 25 heavy (non-hydrogen) atoms. The Morgan fingerprint density at radius 2 is 2.08 bits per heavy atom. The van der Waals surface area contributed by atoms with Crippen LogP contribution in [0.4, 0.5) is 5.69 Å². The van der Waals surface area contributed by atoms with Gasteiger partial charge in [-0.25, -0.2) is 4.98 Å². The molecule has 0 unspecified atom stereocenters. The molecular formula is C18H20N4O3. The number of anilines is 1. The molecule has 0 fully saturated rings. The van der Waals surface area contributed by atoms with E-state index in [2.05, 4.69) is 29.1 Å². The van der Waals surface area contributed by atoms with Crippen LogP contribution in [0.25, 0.3) is 11.0 Å². The van der Waals surface area contributed by atoms with Crippen molar-refractivity contribution >= 4 is 22.6 Å². The SMILES string of the molecule is COc1c[nH]c(C(=O)Nc2ccc3c(c2)nc(C(C)C)n3C)cc1=O. The lowest BCUT2D eigenvalue weighted by Crippen LogP contribution is -2.17. The maximum atomic E-state index is 12.3. The molecule has 3 rings (SSSR count). The number of amides is 1. The second kappa shape index (κ2) is 6.43. The number of benzene rings is 1. The van der Waals surface area contributed by atoms with E-state index in [4.69, 9.17) is 4.74 Å². The predicted molar refractivity (Wildman–Crippen MR) is 96.4 cm³/mol. The highest BCUT2D eigenvalue weighted by Gasteiger charge is 2.13. The number of H-pyrrole nitrogens is 1. The molecule has 1 amide bonds. The number of fused-ring (bicyclic) bond motifs is 1. The molecule has 0 spiro atoms. The number of aromatic amines is 1. The first-order valence-corrected chi connectivity index (χ1v) is 7.95. The number of ether oxygens (including phenoxy) is 1. The molecule has 3 aromatic rings. The number of aryl methyl sites for hydroxylation is 1. The first-order valence-electron chi connectivity index (χ1n) is 7.95. The van der Waals surface area contributed by atoms with E-state index in [0.717, 1.165) is 16.9 Å². The number of methoxy groups -OCH3 is 1. The summed E-state index contributed by atoms with van der Waals surface area (Å²) in [5.74, 6) is 1.05. The molecule has 2 heterocycles. The van der Waals surface area contributed by atoms with Gasteiger partial charge >= 0.3 is 0 Å². The number of carbonyl (C=O) groups excluding carboxylic acids is 1. The highest BCUT2D eigenvalue weighted by molar-refractivity contribution is 6.03. The van der Waals surface area contributed by atoms with Gasteiger partial charge in [0.1, 0.15) is 11.5 Å². The summed E-state index contributed by atoms with van der Waals surface area (Å²) in [7, 11) is 3.38. The number of hydrogen-bond acceptors (Lipinski definition) is 4. The molecule has 0 atom stereocenters. The fourth-order valence-corrected chi connectivity index (χ4v) is 2.76. The predicted octanol–water partition coefficient (Wildman–Crippen LogP) is 2.65. The Labute approximate surface area is 144 Å². The standard InChI is InChI=1S/C18H20N4O3/c1-10(2)17-21-12-7-11(5-6-14(12)22(17)3)20-18(24)13-8-15(23)16(25-4)9-19-13/h5-10H,1-4H3,(H,19,23)(H,20,24). The lowest BCUT2D eigenvalue weighted by molar-refractivity contribution is 0.102. The van der Waals surface area contributed by atoms with Gasteiger partial charge in [0, 0.05) is 30.9 Å². The van der Waals surface area contributed by atoms with Crippen LogP contribution in [0.15, 0.2) is 35.3 Å². The zero-order valence-electron chi connectivity index (χ0n) is 14.6. The number of aromatic nitrogens is 3. The van der Waals surface area contributed by atoms with Gasteiger partial charge < -0.3 is 19.6 Å². The van der Waals surface area contributed by atoms with Crippen molar-refractivity contribution in [3.05, 3.63) is 52.2 Å². The van der Waals surface area contributed by atoms with Crippen molar-refractivity contribution in [2.24, 2.45) is 7.05 Å². The van der Waals surface area contributed by atoms with Gasteiger partial charge in [-0.15, -0.1) is 0 Å². The highest BCUT2D eigenvalue weighted by Crippen LogP contribution is 2.23. The Bertz CT molecular complexity index is 1000. The quantitative estimate of drug-likeness (QED) is 0.764. The van der Waals surface area contributed by atoms with Crippen molar-refractivity contribution in [1.82, 2.24) is 14.5 Å². The maximum Gasteiger partial charge on any atom is 0.272 e. The van der Waals surface area contributed by atoms with E-state index in [9.17, 15) is 9.59 Å². The third-order valence-corrected chi connectivity index (χ3v) is 4.03. The van der Waals surface area contributed by atoms with Gasteiger partial charge in [-0.1, -0.05) is 13.8 Å². The van der Waals surface area contributed by atoms with Crippen LogP contribution in [-0.2, 0) is 7.05 Å². The molecule has 2 aromatic heterocycles. The Morgan fingerprint density at radius 1 is 1.32 bits per heavy atom. The molecule has 0 aliphatic carbocycles. The van der Waals surface area contributed by atoms with Gasteiger partial charge in [0.2, 0.25) is 5.43 Å². The lowest BCUT2D eigenvalue weighted by atomic mass is 10.2. The zero-order chi connectivity index (χ0) is 18.1. The van der Waals surface area contributed by atoms with E-state index in [1.165, 1.54) is 19.4 Å². The average Bonchev–Trinajstić information content (AvgIpc) is 2.91. The first-order chi connectivity index (χ1) is 11.9. The van der Waals surface area contributed by atoms with Gasteiger partial charge in [0.15, 0.2) is 5.75 Å². The summed E-state index contributed by atoms with van der Waals surface area (Å²) in [5, 5.41) is 2.77. The summed E-state index contributed by atoms with van der Waals surface area (Å²) < 4.78 is 6.94. The lowest BCUT2D eigenvalue weighted by Gasteiger charge is -2.06. The molecule has 130 valence electrons. The second-order valence-corrected chi connectivity index (χ2v) is 6.12. The van der Waals surface area contributed by atoms with Crippen LogP contribution in [0.5, 0.6) is 5.75 Å². The molecule has 0 aliphatic heterocycles. The van der Waals surface area contributed by atoms with Crippen molar-refractivity contribution in [3.8, 4) is 5.75 Å². The Kier molecular flexibility index (Phi) is 4.31. The molecule has 7 nitrogen and oxygen atoms in total. The zero-order valence-corrected chi connectivity index (χ0v) is 14.6. The number of rotatable bonds is 4. The van der Waals surface area contributed by atoms with Crippen LogP contribution in [0.1, 0.15) is 36.1 Å². The molecule has 0 radical (unpaired) electrons. The van der Waals surface area contributed by atoms with Crippen LogP contribution in [0, 0.1) is 0 Å². The maximum absolute atomic E-state index is 12.3. The van der Waals surface area contributed by atoms with E-state index in [1.54, 1.807) is 0 Å². The van der Waals surface area contributed by atoms with Crippen molar-refractivity contribution in [2.75, 3.05) is 12.4 Å². The van der Waals surface area contributed by atoms with E-state index in [1.807, 2.05) is 29.8 Å². The van der Waals surface area contributed by atoms with Gasteiger partial charge in [0.05, 0.1) is 18.1 Å². The monoisotopic (exact) mass is 340 g/mol. The molecule has 0 saturated carbocycles. The van der Waals surface area contributed by atoms with Crippen LogP contribution in [0.3, 0.4) is 0 Å². The van der Waals surface area contributed by atoms with Crippen molar-refractivity contribution in [1.29, 1.82) is 0 Å². The van der Waals surface area contributed by atoms with E-state index in [-0.39, 0.29) is 16.9 Å². The third kappa shape index (κ3) is 3.13. The third-order valence-electron chi connectivity index (χ3n) is 4.03. The number of pyridine rings is 1. The van der Waals surface area contributed by atoms with Crippen molar-refractivity contribution in [2.45, 2.75) is 19.8 Å². The smallest absolute Gasteiger partial charge is 0.272 e. The molecule has 7 heteroatoms. The minimum Gasteiger partial charge on any atom is -0.491 e. The Morgan fingerprint density at radius 3 is 2.72 bits per heavy atom. The van der Waals surface area contributed by atoms with Crippen LogP contribution >= 0.6 is 0 Å². The summed E-state index contributed by atoms with van der Waals surface area (Å²) in [4.78, 5) is 31.5. The van der Waals surface area contributed by atoms with Crippen molar-refractivity contribution in [3.63, 3.8) is 0 Å². The number of imidazole rings is 1. The molecule has 0 saturated heterocycles.